The van der Waals surface area contributed by atoms with Crippen LogP contribution in [0.2, 0.25) is 0 Å². The number of likely N-dealkylation sites (N-methyl/N-ethyl adjacent to an activating group) is 1. The van der Waals surface area contributed by atoms with Crippen LogP contribution in [-0.2, 0) is 0 Å². The second kappa shape index (κ2) is 4.67. The number of allylic oxidation sites excluding steroid dienone is 2. The topological polar surface area (TPSA) is 37.4 Å². The first-order chi connectivity index (χ1) is 8.57. The lowest BCUT2D eigenvalue weighted by atomic mass is 9.92. The van der Waals surface area contributed by atoms with E-state index in [2.05, 4.69) is 5.92 Å². The van der Waals surface area contributed by atoms with Gasteiger partial charge in [-0.3, -0.25) is 9.59 Å². The predicted molar refractivity (Wildman–Crippen MR) is 69.4 cm³/mol. The van der Waals surface area contributed by atoms with Gasteiger partial charge in [0.1, 0.15) is 10.7 Å². The van der Waals surface area contributed by atoms with Gasteiger partial charge in [0.05, 0.1) is 6.54 Å². The summed E-state index contributed by atoms with van der Waals surface area (Å²) in [6, 6.07) is 6.62. The van der Waals surface area contributed by atoms with Crippen molar-refractivity contribution in [2.24, 2.45) is 0 Å². The molecule has 0 amide bonds. The van der Waals surface area contributed by atoms with Gasteiger partial charge in [-0.1, -0.05) is 41.8 Å². The normalized spacial score (nSPS) is 14.3. The van der Waals surface area contributed by atoms with Crippen LogP contribution in [0.1, 0.15) is 20.7 Å². The fourth-order valence-electron chi connectivity index (χ4n) is 1.89. The molecule has 1 aliphatic rings. The highest BCUT2D eigenvalue weighted by atomic mass is 35.5. The molecule has 0 heterocycles. The molecule has 90 valence electrons. The highest BCUT2D eigenvalue weighted by molar-refractivity contribution is 6.49. The molecule has 0 spiro atoms. The van der Waals surface area contributed by atoms with Gasteiger partial charge >= 0.3 is 0 Å². The minimum absolute atomic E-state index is 0.0727. The van der Waals surface area contributed by atoms with Gasteiger partial charge in [-0.2, -0.15) is 0 Å². The van der Waals surface area contributed by atoms with E-state index in [1.54, 1.807) is 31.3 Å². The molecule has 1 aromatic rings. The largest absolute Gasteiger partial charge is 0.359 e. The summed E-state index contributed by atoms with van der Waals surface area (Å²) in [7, 11) is 1.64. The van der Waals surface area contributed by atoms with E-state index < -0.39 is 0 Å². The summed E-state index contributed by atoms with van der Waals surface area (Å²) >= 11 is 5.99. The Morgan fingerprint density at radius 3 is 2.33 bits per heavy atom. The van der Waals surface area contributed by atoms with Crippen molar-refractivity contribution in [3.05, 3.63) is 46.1 Å². The van der Waals surface area contributed by atoms with Crippen LogP contribution in [-0.4, -0.2) is 30.1 Å². The van der Waals surface area contributed by atoms with Crippen LogP contribution in [0.25, 0.3) is 0 Å². The number of hydrogen-bond donors (Lipinski definition) is 0. The third-order valence-electron chi connectivity index (χ3n) is 2.75. The van der Waals surface area contributed by atoms with Gasteiger partial charge in [0, 0.05) is 18.2 Å². The lowest BCUT2D eigenvalue weighted by molar-refractivity contribution is 0.0956. The van der Waals surface area contributed by atoms with E-state index in [9.17, 15) is 9.59 Å². The van der Waals surface area contributed by atoms with Crippen LogP contribution in [0, 0.1) is 12.3 Å². The SMILES string of the molecule is C#CCN(C)C1=C(Cl)C(=O)c2ccccc2C1=O. The van der Waals surface area contributed by atoms with Gasteiger partial charge in [-0.25, -0.2) is 0 Å². The van der Waals surface area contributed by atoms with Gasteiger partial charge in [-0.05, 0) is 0 Å². The van der Waals surface area contributed by atoms with Gasteiger partial charge in [0.25, 0.3) is 0 Å². The van der Waals surface area contributed by atoms with Crippen molar-refractivity contribution in [2.75, 3.05) is 13.6 Å². The van der Waals surface area contributed by atoms with E-state index in [0.29, 0.717) is 11.1 Å². The van der Waals surface area contributed by atoms with Crippen LogP contribution in [0.5, 0.6) is 0 Å². The minimum Gasteiger partial charge on any atom is -0.359 e. The van der Waals surface area contributed by atoms with E-state index in [0.717, 1.165) is 0 Å². The van der Waals surface area contributed by atoms with Crippen LogP contribution in [0.15, 0.2) is 35.0 Å². The lowest BCUT2D eigenvalue weighted by Crippen LogP contribution is -2.31. The fraction of sp³-hybridized carbons (Fsp3) is 0.143. The Hall–Kier alpha value is -2.05. The summed E-state index contributed by atoms with van der Waals surface area (Å²) < 4.78 is 0. The molecule has 2 rings (SSSR count). The molecule has 0 atom stereocenters. The van der Waals surface area contributed by atoms with E-state index in [1.165, 1.54) is 4.90 Å². The second-order valence-corrected chi connectivity index (χ2v) is 4.30. The number of fused-ring (bicyclic) bond motifs is 1. The van der Waals surface area contributed by atoms with Crippen molar-refractivity contribution in [1.82, 2.24) is 4.90 Å². The molecule has 0 bridgehead atoms. The molecule has 3 nitrogen and oxygen atoms in total. The first kappa shape index (κ1) is 12.4. The Bertz CT molecular complexity index is 610. The molecule has 0 aliphatic heterocycles. The first-order valence-electron chi connectivity index (χ1n) is 5.30. The zero-order valence-electron chi connectivity index (χ0n) is 9.74. The van der Waals surface area contributed by atoms with E-state index in [1.807, 2.05) is 0 Å². The quantitative estimate of drug-likeness (QED) is 0.763. The average Bonchev–Trinajstić information content (AvgIpc) is 2.37. The number of benzene rings is 1. The number of terminal acetylenes is 1. The van der Waals surface area contributed by atoms with Gasteiger partial charge in [-0.15, -0.1) is 6.42 Å². The molecular weight excluding hydrogens is 250 g/mol. The molecule has 0 fully saturated rings. The number of nitrogens with zero attached hydrogens (tertiary/aromatic N) is 1. The standard InChI is InChI=1S/C14H10ClNO2/c1-3-8-16(2)12-11(15)13(17)9-6-4-5-7-10(9)14(12)18/h1,4-7H,8H2,2H3. The molecule has 1 aromatic carbocycles. The number of halogens is 1. The Balaban J connectivity index is 2.57. The van der Waals surface area contributed by atoms with Crippen molar-refractivity contribution in [1.29, 1.82) is 0 Å². The highest BCUT2D eigenvalue weighted by Gasteiger charge is 2.32. The molecule has 0 unspecified atom stereocenters. The summed E-state index contributed by atoms with van der Waals surface area (Å²) in [5.74, 6) is 1.80. The van der Waals surface area contributed by atoms with Gasteiger partial charge in [0.15, 0.2) is 0 Å². The molecule has 0 N–H and O–H groups in total. The van der Waals surface area contributed by atoms with Crippen molar-refractivity contribution in [3.63, 3.8) is 0 Å². The summed E-state index contributed by atoms with van der Waals surface area (Å²) in [4.78, 5) is 25.9. The first-order valence-corrected chi connectivity index (χ1v) is 5.68. The third-order valence-corrected chi connectivity index (χ3v) is 3.10. The van der Waals surface area contributed by atoms with E-state index >= 15 is 0 Å². The molecular formula is C14H10ClNO2. The second-order valence-electron chi connectivity index (χ2n) is 3.93. The predicted octanol–water partition coefficient (Wildman–Crippen LogP) is 2.08. The molecule has 1 aliphatic carbocycles. The zero-order chi connectivity index (χ0) is 13.3. The summed E-state index contributed by atoms with van der Waals surface area (Å²) in [5.41, 5.74) is 0.870. The van der Waals surface area contributed by atoms with Crippen LogP contribution in [0.4, 0.5) is 0 Å². The Kier molecular flexibility index (Phi) is 3.22. The average molecular weight is 260 g/mol. The maximum atomic E-state index is 12.3. The van der Waals surface area contributed by atoms with Crippen molar-refractivity contribution < 1.29 is 9.59 Å². The molecule has 0 aromatic heterocycles. The van der Waals surface area contributed by atoms with Crippen molar-refractivity contribution in [3.8, 4) is 12.3 Å². The van der Waals surface area contributed by atoms with Crippen LogP contribution >= 0.6 is 11.6 Å². The zero-order valence-corrected chi connectivity index (χ0v) is 10.5. The maximum Gasteiger partial charge on any atom is 0.211 e. The van der Waals surface area contributed by atoms with Gasteiger partial charge in [0.2, 0.25) is 11.6 Å². The smallest absolute Gasteiger partial charge is 0.211 e. The van der Waals surface area contributed by atoms with Crippen LogP contribution in [0.3, 0.4) is 0 Å². The lowest BCUT2D eigenvalue weighted by Gasteiger charge is -2.24. The number of Topliss-reactive ketones (excluding diaryl/α,β-unsaturated/α-hetero) is 2. The molecule has 0 radical (unpaired) electrons. The minimum atomic E-state index is -0.342. The Morgan fingerprint density at radius 2 is 1.78 bits per heavy atom. The number of rotatable bonds is 2. The fourth-order valence-corrected chi connectivity index (χ4v) is 2.22. The van der Waals surface area contributed by atoms with E-state index in [-0.39, 0.29) is 28.8 Å². The number of carbonyl (C=O) groups is 2. The Labute approximate surface area is 110 Å². The number of hydrogen-bond acceptors (Lipinski definition) is 3. The summed E-state index contributed by atoms with van der Waals surface area (Å²) in [6.45, 7) is 0.215. The number of ketones is 2. The number of carbonyl (C=O) groups excluding carboxylic acids is 2. The van der Waals surface area contributed by atoms with Crippen molar-refractivity contribution in [2.45, 2.75) is 0 Å². The molecule has 18 heavy (non-hydrogen) atoms. The molecule has 0 saturated carbocycles. The maximum absolute atomic E-state index is 12.3. The summed E-state index contributed by atoms with van der Waals surface area (Å²) in [6.07, 6.45) is 5.20. The van der Waals surface area contributed by atoms with E-state index in [4.69, 9.17) is 18.0 Å². The molecule has 4 heteroatoms. The summed E-state index contributed by atoms with van der Waals surface area (Å²) in [5, 5.41) is -0.0727. The Morgan fingerprint density at radius 1 is 1.22 bits per heavy atom. The third kappa shape index (κ3) is 1.81. The van der Waals surface area contributed by atoms with Gasteiger partial charge < -0.3 is 4.90 Å². The van der Waals surface area contributed by atoms with Crippen molar-refractivity contribution >= 4 is 23.2 Å². The highest BCUT2D eigenvalue weighted by Crippen LogP contribution is 2.29. The monoisotopic (exact) mass is 259 g/mol. The molecule has 0 saturated heterocycles. The van der Waals surface area contributed by atoms with Crippen LogP contribution < -0.4 is 0 Å².